The first kappa shape index (κ1) is 17.5. The van der Waals surface area contributed by atoms with E-state index in [-0.39, 0.29) is 31.2 Å². The van der Waals surface area contributed by atoms with Crippen molar-refractivity contribution < 1.29 is 23.0 Å². The van der Waals surface area contributed by atoms with Gasteiger partial charge in [0.05, 0.1) is 36.9 Å². The number of carbonyl (C=O) groups excluding carboxylic acids is 1. The fraction of sp³-hybridized carbons (Fsp3) is 0.412. The maximum atomic E-state index is 13.8. The predicted molar refractivity (Wildman–Crippen MR) is 86.2 cm³/mol. The number of likely N-dealkylation sites (N-methyl/N-ethyl adjacent to an activating group) is 1. The zero-order valence-electron chi connectivity index (χ0n) is 13.9. The number of fused-ring (bicyclic) bond motifs is 3. The lowest BCUT2D eigenvalue weighted by molar-refractivity contribution is -0.143. The predicted octanol–water partition coefficient (Wildman–Crippen LogP) is 1.63. The highest BCUT2D eigenvalue weighted by Crippen LogP contribution is 2.31. The summed E-state index contributed by atoms with van der Waals surface area (Å²) >= 11 is 0. The average Bonchev–Trinajstić information content (AvgIpc) is 2.60. The van der Waals surface area contributed by atoms with Crippen LogP contribution in [0.15, 0.2) is 16.9 Å². The molecule has 1 aliphatic heterocycles. The molecule has 1 atom stereocenters. The largest absolute Gasteiger partial charge is 0.465 e. The number of hydrogen-bond donors (Lipinski definition) is 1. The van der Waals surface area contributed by atoms with Crippen LogP contribution in [-0.4, -0.2) is 30.8 Å². The minimum atomic E-state index is -1.11. The van der Waals surface area contributed by atoms with Gasteiger partial charge in [0, 0.05) is 5.56 Å². The average molecular weight is 352 g/mol. The maximum absolute atomic E-state index is 13.8. The number of halogens is 2. The number of pyridine rings is 1. The minimum Gasteiger partial charge on any atom is -0.465 e. The molecule has 2 heterocycles. The summed E-state index contributed by atoms with van der Waals surface area (Å²) in [5, 5.41) is 3.38. The lowest BCUT2D eigenvalue weighted by atomic mass is 9.96. The molecule has 1 aromatic heterocycles. The van der Waals surface area contributed by atoms with Crippen molar-refractivity contribution in [2.45, 2.75) is 26.1 Å². The van der Waals surface area contributed by atoms with Gasteiger partial charge in [-0.1, -0.05) is 0 Å². The smallest absolute Gasteiger partial charge is 0.326 e. The lowest BCUT2D eigenvalue weighted by Crippen LogP contribution is -2.36. The Morgan fingerprint density at radius 3 is 2.68 bits per heavy atom. The van der Waals surface area contributed by atoms with Crippen molar-refractivity contribution in [1.82, 2.24) is 9.88 Å². The molecule has 8 heteroatoms. The summed E-state index contributed by atoms with van der Waals surface area (Å²) in [6.45, 7) is 1.93. The van der Waals surface area contributed by atoms with Crippen LogP contribution in [0.3, 0.4) is 0 Å². The Hall–Kier alpha value is -2.32. The Morgan fingerprint density at radius 1 is 1.36 bits per heavy atom. The third kappa shape index (κ3) is 3.03. The zero-order valence-corrected chi connectivity index (χ0v) is 13.9. The van der Waals surface area contributed by atoms with E-state index < -0.39 is 23.2 Å². The molecule has 0 saturated heterocycles. The van der Waals surface area contributed by atoms with E-state index in [2.05, 4.69) is 5.32 Å². The Morgan fingerprint density at radius 2 is 2.04 bits per heavy atom. The van der Waals surface area contributed by atoms with Crippen molar-refractivity contribution >= 4 is 16.7 Å². The van der Waals surface area contributed by atoms with Gasteiger partial charge in [-0.2, -0.15) is 0 Å². The quantitative estimate of drug-likeness (QED) is 0.847. The molecule has 0 spiro atoms. The SMILES string of the molecule is CCOC(=O)Cn1c2c(c3cc(F)c(F)cc3c1=O)C(NC)COC2. The van der Waals surface area contributed by atoms with Gasteiger partial charge in [-0.25, -0.2) is 8.78 Å². The third-order valence-electron chi connectivity index (χ3n) is 4.28. The second kappa shape index (κ2) is 6.89. The molecule has 1 aliphatic rings. The number of ether oxygens (including phenoxy) is 2. The van der Waals surface area contributed by atoms with Crippen LogP contribution in [0, 0.1) is 11.6 Å². The summed E-state index contributed by atoms with van der Waals surface area (Å²) < 4.78 is 39.1. The van der Waals surface area contributed by atoms with Crippen molar-refractivity contribution in [1.29, 1.82) is 0 Å². The molecule has 0 fully saturated rings. The maximum Gasteiger partial charge on any atom is 0.326 e. The molecule has 0 radical (unpaired) electrons. The first-order chi connectivity index (χ1) is 12.0. The minimum absolute atomic E-state index is 0.0177. The van der Waals surface area contributed by atoms with Gasteiger partial charge >= 0.3 is 5.97 Å². The van der Waals surface area contributed by atoms with E-state index in [1.165, 1.54) is 4.57 Å². The van der Waals surface area contributed by atoms with Crippen LogP contribution in [0.1, 0.15) is 24.2 Å². The number of aromatic nitrogens is 1. The number of hydrogen-bond acceptors (Lipinski definition) is 5. The second-order valence-electron chi connectivity index (χ2n) is 5.72. The van der Waals surface area contributed by atoms with Crippen molar-refractivity contribution in [3.63, 3.8) is 0 Å². The summed E-state index contributed by atoms with van der Waals surface area (Å²) in [6.07, 6.45) is 0. The number of esters is 1. The Balaban J connectivity index is 2.32. The summed E-state index contributed by atoms with van der Waals surface area (Å²) in [7, 11) is 1.70. The molecule has 0 saturated carbocycles. The number of benzene rings is 1. The van der Waals surface area contributed by atoms with E-state index in [0.717, 1.165) is 12.1 Å². The van der Waals surface area contributed by atoms with Crippen LogP contribution in [0.2, 0.25) is 0 Å². The molecule has 2 aromatic rings. The van der Waals surface area contributed by atoms with Gasteiger partial charge in [0.25, 0.3) is 5.56 Å². The molecule has 1 aromatic carbocycles. The highest BCUT2D eigenvalue weighted by molar-refractivity contribution is 5.87. The summed E-state index contributed by atoms with van der Waals surface area (Å²) in [5.41, 5.74) is 0.509. The van der Waals surface area contributed by atoms with Gasteiger partial charge in [0.15, 0.2) is 11.6 Å². The Kier molecular flexibility index (Phi) is 4.82. The first-order valence-corrected chi connectivity index (χ1v) is 7.92. The highest BCUT2D eigenvalue weighted by atomic mass is 19.2. The molecular formula is C17H18F2N2O4. The molecule has 0 bridgehead atoms. The van der Waals surface area contributed by atoms with Crippen LogP contribution >= 0.6 is 0 Å². The molecule has 6 nitrogen and oxygen atoms in total. The molecule has 0 amide bonds. The molecule has 0 aliphatic carbocycles. The summed E-state index contributed by atoms with van der Waals surface area (Å²) in [5.74, 6) is -2.72. The van der Waals surface area contributed by atoms with Gasteiger partial charge in [0.1, 0.15) is 6.54 Å². The number of nitrogens with one attached hydrogen (secondary N) is 1. The molecule has 1 N–H and O–H groups in total. The molecule has 25 heavy (non-hydrogen) atoms. The first-order valence-electron chi connectivity index (χ1n) is 7.92. The van der Waals surface area contributed by atoms with E-state index in [9.17, 15) is 18.4 Å². The van der Waals surface area contributed by atoms with Gasteiger partial charge in [0.2, 0.25) is 0 Å². The van der Waals surface area contributed by atoms with Gasteiger partial charge in [-0.15, -0.1) is 0 Å². The van der Waals surface area contributed by atoms with Crippen LogP contribution in [0.5, 0.6) is 0 Å². The van der Waals surface area contributed by atoms with Crippen molar-refractivity contribution in [2.24, 2.45) is 0 Å². The van der Waals surface area contributed by atoms with E-state index in [1.807, 2.05) is 0 Å². The van der Waals surface area contributed by atoms with E-state index in [1.54, 1.807) is 14.0 Å². The van der Waals surface area contributed by atoms with Crippen molar-refractivity contribution in [3.05, 3.63) is 45.4 Å². The monoisotopic (exact) mass is 352 g/mol. The standard InChI is InChI=1S/C17H18F2N2O4/c1-3-25-15(22)6-21-14-8-24-7-13(20-2)16(14)9-4-11(18)12(19)5-10(9)17(21)23/h4-5,13,20H,3,6-8H2,1-2H3. The van der Waals surface area contributed by atoms with Crippen molar-refractivity contribution in [3.8, 4) is 0 Å². The van der Waals surface area contributed by atoms with Gasteiger partial charge in [-0.05, 0) is 31.5 Å². The van der Waals surface area contributed by atoms with Gasteiger partial charge in [-0.3, -0.25) is 14.2 Å². The Bertz CT molecular complexity index is 895. The van der Waals surface area contributed by atoms with Crippen LogP contribution in [0.4, 0.5) is 8.78 Å². The molecule has 134 valence electrons. The lowest BCUT2D eigenvalue weighted by Gasteiger charge is -2.29. The van der Waals surface area contributed by atoms with E-state index in [4.69, 9.17) is 9.47 Å². The zero-order chi connectivity index (χ0) is 18.1. The number of rotatable bonds is 4. The number of nitrogens with zero attached hydrogens (tertiary/aromatic N) is 1. The molecular weight excluding hydrogens is 334 g/mol. The van der Waals surface area contributed by atoms with Gasteiger partial charge < -0.3 is 14.8 Å². The molecule has 3 rings (SSSR count). The van der Waals surface area contributed by atoms with E-state index in [0.29, 0.717) is 23.3 Å². The van der Waals surface area contributed by atoms with Crippen molar-refractivity contribution in [2.75, 3.05) is 20.3 Å². The van der Waals surface area contributed by atoms with Crippen LogP contribution < -0.4 is 10.9 Å². The fourth-order valence-electron chi connectivity index (χ4n) is 3.15. The highest BCUT2D eigenvalue weighted by Gasteiger charge is 2.28. The molecule has 1 unspecified atom stereocenters. The van der Waals surface area contributed by atoms with Crippen LogP contribution in [-0.2, 0) is 27.4 Å². The van der Waals surface area contributed by atoms with Crippen LogP contribution in [0.25, 0.3) is 10.8 Å². The second-order valence-corrected chi connectivity index (χ2v) is 5.72. The summed E-state index contributed by atoms with van der Waals surface area (Å²) in [4.78, 5) is 24.7. The fourth-order valence-corrected chi connectivity index (χ4v) is 3.15. The normalized spacial score (nSPS) is 16.7. The number of carbonyl (C=O) groups is 1. The summed E-state index contributed by atoms with van der Waals surface area (Å²) in [6, 6.07) is 1.58. The Labute approximate surface area is 142 Å². The topological polar surface area (TPSA) is 69.6 Å². The third-order valence-corrected chi connectivity index (χ3v) is 4.28. The van der Waals surface area contributed by atoms with E-state index >= 15 is 0 Å².